The first-order valence-electron chi connectivity index (χ1n) is 5.25. The molecule has 0 unspecified atom stereocenters. The first-order valence-corrected chi connectivity index (χ1v) is 5.25. The molecule has 0 spiro atoms. The van der Waals surface area contributed by atoms with Crippen molar-refractivity contribution in [2.24, 2.45) is 7.05 Å². The van der Waals surface area contributed by atoms with Gasteiger partial charge in [0, 0.05) is 13.2 Å². The summed E-state index contributed by atoms with van der Waals surface area (Å²) in [6, 6.07) is 1.90. The Morgan fingerprint density at radius 1 is 1.80 bits per heavy atom. The average Bonchev–Trinajstić information content (AvgIpc) is 2.84. The molecule has 2 rings (SSSR count). The van der Waals surface area contributed by atoms with Gasteiger partial charge in [-0.15, -0.1) is 0 Å². The highest BCUT2D eigenvalue weighted by atomic mass is 16.2. The first-order chi connectivity index (χ1) is 7.25. The Balaban J connectivity index is 1.80. The monoisotopic (exact) mass is 208 g/mol. The fourth-order valence-corrected chi connectivity index (χ4v) is 1.77. The number of hydrogen-bond donors (Lipinski definition) is 2. The third-order valence-electron chi connectivity index (χ3n) is 2.59. The van der Waals surface area contributed by atoms with Gasteiger partial charge in [0.05, 0.1) is 18.3 Å². The van der Waals surface area contributed by atoms with Crippen LogP contribution >= 0.6 is 0 Å². The Bertz CT molecular complexity index is 341. The van der Waals surface area contributed by atoms with Gasteiger partial charge in [0.25, 0.3) is 0 Å². The van der Waals surface area contributed by atoms with E-state index in [1.54, 1.807) is 4.68 Å². The number of amides is 1. The number of aromatic nitrogens is 2. The molecule has 2 heterocycles. The van der Waals surface area contributed by atoms with Crippen molar-refractivity contribution < 1.29 is 4.79 Å². The van der Waals surface area contributed by atoms with Crippen LogP contribution in [-0.2, 0) is 18.4 Å². The van der Waals surface area contributed by atoms with Gasteiger partial charge in [-0.1, -0.05) is 0 Å². The smallest absolute Gasteiger partial charge is 0.237 e. The van der Waals surface area contributed by atoms with Gasteiger partial charge in [-0.05, 0) is 25.5 Å². The minimum absolute atomic E-state index is 0.00582. The van der Waals surface area contributed by atoms with Crippen LogP contribution in [0.4, 0.5) is 0 Å². The van der Waals surface area contributed by atoms with Crippen LogP contribution in [0.5, 0.6) is 0 Å². The second-order valence-electron chi connectivity index (χ2n) is 3.85. The number of nitrogens with one attached hydrogen (secondary N) is 2. The van der Waals surface area contributed by atoms with Gasteiger partial charge < -0.3 is 10.6 Å². The van der Waals surface area contributed by atoms with Gasteiger partial charge in [-0.2, -0.15) is 5.10 Å². The maximum Gasteiger partial charge on any atom is 0.237 e. The summed E-state index contributed by atoms with van der Waals surface area (Å²) in [7, 11) is 1.86. The van der Waals surface area contributed by atoms with E-state index in [0.29, 0.717) is 6.54 Å². The SMILES string of the molecule is Cn1ccc(CNC(=O)[C@@H]2CCCN2)n1. The van der Waals surface area contributed by atoms with Crippen molar-refractivity contribution in [2.75, 3.05) is 6.54 Å². The van der Waals surface area contributed by atoms with Crippen molar-refractivity contribution >= 4 is 5.91 Å². The van der Waals surface area contributed by atoms with Crippen molar-refractivity contribution in [3.05, 3.63) is 18.0 Å². The molecular weight excluding hydrogens is 192 g/mol. The molecule has 1 aromatic rings. The summed E-state index contributed by atoms with van der Waals surface area (Å²) in [6.45, 7) is 1.46. The van der Waals surface area contributed by atoms with E-state index in [1.807, 2.05) is 19.3 Å². The lowest BCUT2D eigenvalue weighted by atomic mass is 10.2. The molecule has 1 aliphatic heterocycles. The van der Waals surface area contributed by atoms with Crippen LogP contribution < -0.4 is 10.6 Å². The number of nitrogens with zero attached hydrogens (tertiary/aromatic N) is 2. The fourth-order valence-electron chi connectivity index (χ4n) is 1.77. The predicted molar refractivity (Wildman–Crippen MR) is 56.1 cm³/mol. The van der Waals surface area contributed by atoms with E-state index >= 15 is 0 Å². The molecule has 1 fully saturated rings. The Kier molecular flexibility index (Phi) is 3.01. The van der Waals surface area contributed by atoms with Crippen LogP contribution in [0, 0.1) is 0 Å². The van der Waals surface area contributed by atoms with E-state index in [0.717, 1.165) is 25.1 Å². The van der Waals surface area contributed by atoms with Crippen molar-refractivity contribution in [1.82, 2.24) is 20.4 Å². The second-order valence-corrected chi connectivity index (χ2v) is 3.85. The van der Waals surface area contributed by atoms with Crippen LogP contribution in [0.3, 0.4) is 0 Å². The molecule has 2 N–H and O–H groups in total. The second kappa shape index (κ2) is 4.44. The van der Waals surface area contributed by atoms with Crippen molar-refractivity contribution in [2.45, 2.75) is 25.4 Å². The maximum atomic E-state index is 11.6. The van der Waals surface area contributed by atoms with Gasteiger partial charge in [-0.3, -0.25) is 9.48 Å². The molecule has 5 nitrogen and oxygen atoms in total. The summed E-state index contributed by atoms with van der Waals surface area (Å²) in [5, 5.41) is 10.2. The zero-order valence-corrected chi connectivity index (χ0v) is 8.86. The number of carbonyl (C=O) groups is 1. The van der Waals surface area contributed by atoms with Gasteiger partial charge in [-0.25, -0.2) is 0 Å². The average molecular weight is 208 g/mol. The normalized spacial score (nSPS) is 20.5. The van der Waals surface area contributed by atoms with Crippen LogP contribution in [0.2, 0.25) is 0 Å². The highest BCUT2D eigenvalue weighted by Gasteiger charge is 2.21. The summed E-state index contributed by atoms with van der Waals surface area (Å²) in [4.78, 5) is 11.6. The van der Waals surface area contributed by atoms with E-state index < -0.39 is 0 Å². The Labute approximate surface area is 88.8 Å². The molecule has 0 bridgehead atoms. The molecule has 0 radical (unpaired) electrons. The molecule has 0 aromatic carbocycles. The molecule has 15 heavy (non-hydrogen) atoms. The van der Waals surface area contributed by atoms with Gasteiger partial charge in [0.1, 0.15) is 0 Å². The van der Waals surface area contributed by atoms with E-state index in [4.69, 9.17) is 0 Å². The minimum Gasteiger partial charge on any atom is -0.349 e. The van der Waals surface area contributed by atoms with Crippen LogP contribution in [0.1, 0.15) is 18.5 Å². The Hall–Kier alpha value is -1.36. The molecule has 1 atom stereocenters. The summed E-state index contributed by atoms with van der Waals surface area (Å²) in [5.41, 5.74) is 0.892. The zero-order valence-electron chi connectivity index (χ0n) is 8.86. The largest absolute Gasteiger partial charge is 0.349 e. The molecular formula is C10H16N4O. The van der Waals surface area contributed by atoms with E-state index in [9.17, 15) is 4.79 Å². The number of rotatable bonds is 3. The molecule has 5 heteroatoms. The summed E-state index contributed by atoms with van der Waals surface area (Å²) >= 11 is 0. The quantitative estimate of drug-likeness (QED) is 0.722. The third-order valence-corrected chi connectivity index (χ3v) is 2.59. The lowest BCUT2D eigenvalue weighted by molar-refractivity contribution is -0.122. The number of aryl methyl sites for hydroxylation is 1. The maximum absolute atomic E-state index is 11.6. The molecule has 1 aliphatic rings. The van der Waals surface area contributed by atoms with Crippen molar-refractivity contribution in [3.8, 4) is 0 Å². The highest BCUT2D eigenvalue weighted by Crippen LogP contribution is 2.04. The lowest BCUT2D eigenvalue weighted by Crippen LogP contribution is -2.40. The standard InChI is InChI=1S/C10H16N4O/c1-14-6-4-8(13-14)7-12-10(15)9-3-2-5-11-9/h4,6,9,11H,2-3,5,7H2,1H3,(H,12,15)/t9-/m0/s1. The van der Waals surface area contributed by atoms with Crippen molar-refractivity contribution in [1.29, 1.82) is 0 Å². The highest BCUT2D eigenvalue weighted by molar-refractivity contribution is 5.81. The van der Waals surface area contributed by atoms with E-state index in [1.165, 1.54) is 0 Å². The lowest BCUT2D eigenvalue weighted by Gasteiger charge is -2.09. The van der Waals surface area contributed by atoms with Crippen LogP contribution in [0.25, 0.3) is 0 Å². The van der Waals surface area contributed by atoms with Crippen LogP contribution in [-0.4, -0.2) is 28.3 Å². The molecule has 0 saturated carbocycles. The molecule has 1 amide bonds. The summed E-state index contributed by atoms with van der Waals surface area (Å²) < 4.78 is 1.73. The zero-order chi connectivity index (χ0) is 10.7. The number of hydrogen-bond acceptors (Lipinski definition) is 3. The van der Waals surface area contributed by atoms with E-state index in [-0.39, 0.29) is 11.9 Å². The molecule has 1 saturated heterocycles. The molecule has 1 aromatic heterocycles. The van der Waals surface area contributed by atoms with Crippen molar-refractivity contribution in [3.63, 3.8) is 0 Å². The molecule has 82 valence electrons. The van der Waals surface area contributed by atoms with Gasteiger partial charge in [0.15, 0.2) is 0 Å². The predicted octanol–water partition coefficient (Wildman–Crippen LogP) is -0.212. The Morgan fingerprint density at radius 2 is 2.67 bits per heavy atom. The third kappa shape index (κ3) is 2.56. The summed E-state index contributed by atoms with van der Waals surface area (Å²) in [5.74, 6) is 0.0816. The van der Waals surface area contributed by atoms with Gasteiger partial charge >= 0.3 is 0 Å². The summed E-state index contributed by atoms with van der Waals surface area (Å²) in [6.07, 6.45) is 3.89. The van der Waals surface area contributed by atoms with E-state index in [2.05, 4.69) is 15.7 Å². The fraction of sp³-hybridized carbons (Fsp3) is 0.600. The van der Waals surface area contributed by atoms with Gasteiger partial charge in [0.2, 0.25) is 5.91 Å². The number of carbonyl (C=O) groups excluding carboxylic acids is 1. The Morgan fingerprint density at radius 3 is 3.27 bits per heavy atom. The topological polar surface area (TPSA) is 59.0 Å². The first kappa shape index (κ1) is 10.2. The molecule has 0 aliphatic carbocycles. The minimum atomic E-state index is -0.00582. The van der Waals surface area contributed by atoms with Crippen LogP contribution in [0.15, 0.2) is 12.3 Å².